The van der Waals surface area contributed by atoms with E-state index in [2.05, 4.69) is 15.3 Å². The number of hydrogen-bond acceptors (Lipinski definition) is 4. The molecule has 1 atom stereocenters. The summed E-state index contributed by atoms with van der Waals surface area (Å²) in [5, 5.41) is 3.66. The summed E-state index contributed by atoms with van der Waals surface area (Å²) in [4.78, 5) is 32.3. The van der Waals surface area contributed by atoms with E-state index in [0.29, 0.717) is 11.3 Å². The standard InChI is InChI=1S/C18H16N4O2/c19-17(23)16(22-18(24)13-7-9-20-10-8-13)11-14-6-5-12-3-1-2-4-15(12)21-14/h1-10,16H,11H2,(H2,19,23)(H,22,24)/t16-/m0/s1. The van der Waals surface area contributed by atoms with Crippen LogP contribution < -0.4 is 11.1 Å². The van der Waals surface area contributed by atoms with E-state index in [-0.39, 0.29) is 12.3 Å². The fraction of sp³-hybridized carbons (Fsp3) is 0.111. The number of nitrogens with zero attached hydrogens (tertiary/aromatic N) is 2. The molecule has 2 amide bonds. The minimum atomic E-state index is -0.834. The van der Waals surface area contributed by atoms with Gasteiger partial charge in [0.15, 0.2) is 0 Å². The number of hydrogen-bond donors (Lipinski definition) is 2. The first kappa shape index (κ1) is 15.6. The average Bonchev–Trinajstić information content (AvgIpc) is 2.61. The number of nitrogens with one attached hydrogen (secondary N) is 1. The minimum Gasteiger partial charge on any atom is -0.368 e. The van der Waals surface area contributed by atoms with Crippen LogP contribution in [-0.2, 0) is 11.2 Å². The number of amides is 2. The Hall–Kier alpha value is -3.28. The highest BCUT2D eigenvalue weighted by Gasteiger charge is 2.20. The lowest BCUT2D eigenvalue weighted by Gasteiger charge is -2.15. The van der Waals surface area contributed by atoms with Gasteiger partial charge in [0.2, 0.25) is 5.91 Å². The van der Waals surface area contributed by atoms with Crippen molar-refractivity contribution >= 4 is 22.7 Å². The first-order valence-corrected chi connectivity index (χ1v) is 7.48. The highest BCUT2D eigenvalue weighted by molar-refractivity contribution is 5.97. The first-order valence-electron chi connectivity index (χ1n) is 7.48. The van der Waals surface area contributed by atoms with Crippen molar-refractivity contribution in [3.63, 3.8) is 0 Å². The molecule has 3 rings (SSSR count). The van der Waals surface area contributed by atoms with Crippen LogP contribution in [0.15, 0.2) is 60.9 Å². The van der Waals surface area contributed by atoms with E-state index >= 15 is 0 Å². The zero-order valence-electron chi connectivity index (χ0n) is 12.8. The van der Waals surface area contributed by atoms with E-state index in [0.717, 1.165) is 10.9 Å². The van der Waals surface area contributed by atoms with Gasteiger partial charge in [-0.2, -0.15) is 0 Å². The Morgan fingerprint density at radius 1 is 1.04 bits per heavy atom. The van der Waals surface area contributed by atoms with Crippen LogP contribution in [0, 0.1) is 0 Å². The maximum absolute atomic E-state index is 12.2. The topological polar surface area (TPSA) is 98.0 Å². The highest BCUT2D eigenvalue weighted by Crippen LogP contribution is 2.13. The SMILES string of the molecule is NC(=O)[C@H](Cc1ccc2ccccc2n1)NC(=O)c1ccncc1. The first-order chi connectivity index (χ1) is 11.6. The van der Waals surface area contributed by atoms with Crippen LogP contribution in [-0.4, -0.2) is 27.8 Å². The molecule has 2 heterocycles. The smallest absolute Gasteiger partial charge is 0.252 e. The van der Waals surface area contributed by atoms with Crippen molar-refractivity contribution in [2.24, 2.45) is 5.73 Å². The third kappa shape index (κ3) is 3.55. The number of benzene rings is 1. The van der Waals surface area contributed by atoms with Crippen LogP contribution in [0.25, 0.3) is 10.9 Å². The van der Waals surface area contributed by atoms with Gasteiger partial charge in [0, 0.05) is 35.5 Å². The quantitative estimate of drug-likeness (QED) is 0.743. The van der Waals surface area contributed by atoms with E-state index in [9.17, 15) is 9.59 Å². The molecule has 0 fully saturated rings. The fourth-order valence-corrected chi connectivity index (χ4v) is 2.40. The van der Waals surface area contributed by atoms with E-state index in [4.69, 9.17) is 5.73 Å². The Bertz CT molecular complexity index is 880. The van der Waals surface area contributed by atoms with Crippen LogP contribution in [0.5, 0.6) is 0 Å². The van der Waals surface area contributed by atoms with Gasteiger partial charge >= 0.3 is 0 Å². The van der Waals surface area contributed by atoms with Crippen LogP contribution in [0.4, 0.5) is 0 Å². The Morgan fingerprint density at radius 2 is 1.79 bits per heavy atom. The molecule has 0 saturated carbocycles. The molecule has 3 N–H and O–H groups in total. The Labute approximate surface area is 138 Å². The van der Waals surface area contributed by atoms with Gasteiger partial charge in [-0.15, -0.1) is 0 Å². The largest absolute Gasteiger partial charge is 0.368 e. The summed E-state index contributed by atoms with van der Waals surface area (Å²) >= 11 is 0. The molecule has 0 radical (unpaired) electrons. The van der Waals surface area contributed by atoms with Crippen molar-refractivity contribution in [3.8, 4) is 0 Å². The second kappa shape index (κ2) is 6.87. The predicted molar refractivity (Wildman–Crippen MR) is 90.1 cm³/mol. The minimum absolute atomic E-state index is 0.233. The number of pyridine rings is 2. The molecule has 6 heteroatoms. The highest BCUT2D eigenvalue weighted by atomic mass is 16.2. The van der Waals surface area contributed by atoms with Gasteiger partial charge in [0.25, 0.3) is 5.91 Å². The number of aromatic nitrogens is 2. The molecule has 0 saturated heterocycles. The van der Waals surface area contributed by atoms with Crippen LogP contribution >= 0.6 is 0 Å². The van der Waals surface area contributed by atoms with E-state index in [1.54, 1.807) is 12.1 Å². The lowest BCUT2D eigenvalue weighted by atomic mass is 10.1. The van der Waals surface area contributed by atoms with Crippen LogP contribution in [0.1, 0.15) is 16.1 Å². The molecular formula is C18H16N4O2. The molecule has 0 aliphatic rings. The zero-order chi connectivity index (χ0) is 16.9. The van der Waals surface area contributed by atoms with E-state index in [1.807, 2.05) is 36.4 Å². The molecule has 0 aliphatic carbocycles. The number of primary amides is 1. The summed E-state index contributed by atoms with van der Waals surface area (Å²) in [7, 11) is 0. The Balaban J connectivity index is 1.78. The second-order valence-corrected chi connectivity index (χ2v) is 5.36. The molecule has 0 unspecified atom stereocenters. The van der Waals surface area contributed by atoms with Gasteiger partial charge in [-0.25, -0.2) is 0 Å². The van der Waals surface area contributed by atoms with E-state index in [1.165, 1.54) is 12.4 Å². The fourth-order valence-electron chi connectivity index (χ4n) is 2.40. The van der Waals surface area contributed by atoms with Crippen molar-refractivity contribution in [2.45, 2.75) is 12.5 Å². The van der Waals surface area contributed by atoms with Crippen molar-refractivity contribution in [3.05, 3.63) is 72.2 Å². The van der Waals surface area contributed by atoms with Gasteiger partial charge in [-0.3, -0.25) is 19.6 Å². The maximum atomic E-state index is 12.2. The van der Waals surface area contributed by atoms with E-state index < -0.39 is 11.9 Å². The molecule has 0 bridgehead atoms. The number of rotatable bonds is 5. The number of carbonyl (C=O) groups is 2. The molecule has 1 aromatic carbocycles. The summed E-state index contributed by atoms with van der Waals surface area (Å²) in [6, 6.07) is 13.8. The molecule has 0 spiro atoms. The average molecular weight is 320 g/mol. The molecule has 3 aromatic rings. The predicted octanol–water partition coefficient (Wildman–Crippen LogP) is 1.46. The Morgan fingerprint density at radius 3 is 2.54 bits per heavy atom. The van der Waals surface area contributed by atoms with Gasteiger partial charge in [-0.05, 0) is 24.3 Å². The normalized spacial score (nSPS) is 11.8. The third-order valence-electron chi connectivity index (χ3n) is 3.66. The summed E-state index contributed by atoms with van der Waals surface area (Å²) in [6.45, 7) is 0. The lowest BCUT2D eigenvalue weighted by Crippen LogP contribution is -2.46. The maximum Gasteiger partial charge on any atom is 0.252 e. The molecule has 24 heavy (non-hydrogen) atoms. The Kier molecular flexibility index (Phi) is 4.47. The molecule has 6 nitrogen and oxygen atoms in total. The lowest BCUT2D eigenvalue weighted by molar-refractivity contribution is -0.119. The van der Waals surface area contributed by atoms with Crippen molar-refractivity contribution in [2.75, 3.05) is 0 Å². The molecular weight excluding hydrogens is 304 g/mol. The number of nitrogens with two attached hydrogens (primary N) is 1. The summed E-state index contributed by atoms with van der Waals surface area (Å²) in [5.41, 5.74) is 7.37. The summed E-state index contributed by atoms with van der Waals surface area (Å²) in [5.74, 6) is -0.977. The number of carbonyl (C=O) groups excluding carboxylic acids is 2. The van der Waals surface area contributed by atoms with Crippen LogP contribution in [0.2, 0.25) is 0 Å². The third-order valence-corrected chi connectivity index (χ3v) is 3.66. The monoisotopic (exact) mass is 320 g/mol. The molecule has 2 aromatic heterocycles. The van der Waals surface area contributed by atoms with Crippen molar-refractivity contribution < 1.29 is 9.59 Å². The van der Waals surface area contributed by atoms with Gasteiger partial charge in [-0.1, -0.05) is 24.3 Å². The summed E-state index contributed by atoms with van der Waals surface area (Å²) in [6.07, 6.45) is 3.26. The zero-order valence-corrected chi connectivity index (χ0v) is 12.8. The van der Waals surface area contributed by atoms with Crippen molar-refractivity contribution in [1.82, 2.24) is 15.3 Å². The number of fused-ring (bicyclic) bond motifs is 1. The number of para-hydroxylation sites is 1. The van der Waals surface area contributed by atoms with Gasteiger partial charge in [0.05, 0.1) is 5.52 Å². The van der Waals surface area contributed by atoms with Crippen LogP contribution in [0.3, 0.4) is 0 Å². The van der Waals surface area contributed by atoms with Crippen molar-refractivity contribution in [1.29, 1.82) is 0 Å². The summed E-state index contributed by atoms with van der Waals surface area (Å²) < 4.78 is 0. The van der Waals surface area contributed by atoms with Gasteiger partial charge in [0.1, 0.15) is 6.04 Å². The molecule has 0 aliphatic heterocycles. The second-order valence-electron chi connectivity index (χ2n) is 5.36. The molecule has 120 valence electrons. The van der Waals surface area contributed by atoms with Gasteiger partial charge < -0.3 is 11.1 Å².